The van der Waals surface area contributed by atoms with E-state index >= 15 is 0 Å². The van der Waals surface area contributed by atoms with Gasteiger partial charge in [-0.2, -0.15) is 0 Å². The largest absolute Gasteiger partial charge is 0.392 e. The van der Waals surface area contributed by atoms with Crippen molar-refractivity contribution in [2.24, 2.45) is 0 Å². The van der Waals surface area contributed by atoms with Crippen LogP contribution in [0.5, 0.6) is 0 Å². The number of hydrogen-bond donors (Lipinski definition) is 1. The van der Waals surface area contributed by atoms with Gasteiger partial charge in [-0.15, -0.1) is 0 Å². The second kappa shape index (κ2) is 7.47. The van der Waals surface area contributed by atoms with Gasteiger partial charge in [-0.05, 0) is 67.7 Å². The summed E-state index contributed by atoms with van der Waals surface area (Å²) in [6, 6.07) is 24.5. The third-order valence-corrected chi connectivity index (χ3v) is 8.33. The molecule has 0 saturated carbocycles. The van der Waals surface area contributed by atoms with E-state index in [1.165, 1.54) is 38.5 Å². The Morgan fingerprint density at radius 1 is 0.906 bits per heavy atom. The highest BCUT2D eigenvalue weighted by molar-refractivity contribution is 6.08. The van der Waals surface area contributed by atoms with Gasteiger partial charge in [0.15, 0.2) is 0 Å². The Balaban J connectivity index is 1.26. The van der Waals surface area contributed by atoms with Crippen LogP contribution in [0.15, 0.2) is 66.7 Å². The highest BCUT2D eigenvalue weighted by Gasteiger charge is 2.50. The van der Waals surface area contributed by atoms with Crippen molar-refractivity contribution in [3.63, 3.8) is 0 Å². The van der Waals surface area contributed by atoms with Crippen LogP contribution in [0.1, 0.15) is 49.3 Å². The number of para-hydroxylation sites is 1. The van der Waals surface area contributed by atoms with Crippen molar-refractivity contribution in [1.29, 1.82) is 0 Å². The Labute approximate surface area is 190 Å². The average molecular weight is 425 g/mol. The van der Waals surface area contributed by atoms with Crippen LogP contribution in [0.3, 0.4) is 0 Å². The fourth-order valence-corrected chi connectivity index (χ4v) is 6.63. The molecule has 1 saturated heterocycles. The van der Waals surface area contributed by atoms with Gasteiger partial charge in [0.1, 0.15) is 0 Å². The van der Waals surface area contributed by atoms with Crippen molar-refractivity contribution < 1.29 is 5.11 Å². The molecule has 0 amide bonds. The minimum Gasteiger partial charge on any atom is -0.392 e. The summed E-state index contributed by atoms with van der Waals surface area (Å²) < 4.78 is 2.42. The highest BCUT2D eigenvalue weighted by Crippen LogP contribution is 2.51. The monoisotopic (exact) mass is 424 g/mol. The zero-order chi connectivity index (χ0) is 21.9. The smallest absolute Gasteiger partial charge is 0.0703 e. The number of hydrogen-bond acceptors (Lipinski definition) is 2. The molecule has 2 heterocycles. The minimum atomic E-state index is -0.265. The van der Waals surface area contributed by atoms with Crippen LogP contribution in [-0.2, 0) is 18.5 Å². The Bertz CT molecular complexity index is 1300. The number of likely N-dealkylation sites (tertiary alicyclic amines) is 1. The third-order valence-electron chi connectivity index (χ3n) is 8.33. The predicted octanol–water partition coefficient (Wildman–Crippen LogP) is 5.83. The molecule has 2 aliphatic rings. The van der Waals surface area contributed by atoms with Crippen molar-refractivity contribution in [3.05, 3.63) is 83.4 Å². The van der Waals surface area contributed by atoms with E-state index in [1.54, 1.807) is 0 Å². The molecule has 3 heteroatoms. The fourth-order valence-electron chi connectivity index (χ4n) is 6.63. The summed E-state index contributed by atoms with van der Waals surface area (Å²) in [4.78, 5) is 2.57. The van der Waals surface area contributed by atoms with Gasteiger partial charge in [0.05, 0.1) is 6.10 Å². The van der Waals surface area contributed by atoms with E-state index < -0.39 is 0 Å². The molecule has 1 N–H and O–H groups in total. The molecule has 0 radical (unpaired) electrons. The lowest BCUT2D eigenvalue weighted by molar-refractivity contribution is 0.0292. The van der Waals surface area contributed by atoms with Crippen molar-refractivity contribution in [3.8, 4) is 0 Å². The summed E-state index contributed by atoms with van der Waals surface area (Å²) in [5.74, 6) is 0.232. The molecule has 1 aliphatic heterocycles. The van der Waals surface area contributed by atoms with Crippen LogP contribution in [0.25, 0.3) is 21.8 Å². The van der Waals surface area contributed by atoms with Crippen LogP contribution in [0, 0.1) is 0 Å². The molecule has 3 nitrogen and oxygen atoms in total. The summed E-state index contributed by atoms with van der Waals surface area (Å²) >= 11 is 0. The van der Waals surface area contributed by atoms with Crippen LogP contribution < -0.4 is 0 Å². The standard InChI is InChI=1S/C29H32N2O/c1-3-31-26-11-7-5-9-23(26)24-18-21(12-13-27(24)31)19-30-16-14-29(15-17-30)25-10-6-4-8-22(25)20(2)28(29)32/h4-13,18,20,28,32H,3,14-17,19H2,1-2H3. The molecular formula is C29H32N2O. The molecule has 2 atom stereocenters. The van der Waals surface area contributed by atoms with E-state index in [9.17, 15) is 5.11 Å². The van der Waals surface area contributed by atoms with E-state index in [4.69, 9.17) is 0 Å². The van der Waals surface area contributed by atoms with Gasteiger partial charge in [-0.25, -0.2) is 0 Å². The third kappa shape index (κ3) is 2.81. The molecule has 1 fully saturated rings. The van der Waals surface area contributed by atoms with Crippen LogP contribution >= 0.6 is 0 Å². The van der Waals surface area contributed by atoms with Gasteiger partial charge in [0, 0.05) is 46.2 Å². The topological polar surface area (TPSA) is 28.4 Å². The Morgan fingerprint density at radius 3 is 2.44 bits per heavy atom. The molecule has 32 heavy (non-hydrogen) atoms. The highest BCUT2D eigenvalue weighted by atomic mass is 16.3. The predicted molar refractivity (Wildman–Crippen MR) is 132 cm³/mol. The fraction of sp³-hybridized carbons (Fsp3) is 0.379. The molecule has 0 bridgehead atoms. The second-order valence-electron chi connectivity index (χ2n) is 9.87. The van der Waals surface area contributed by atoms with Crippen molar-refractivity contribution in [1.82, 2.24) is 9.47 Å². The van der Waals surface area contributed by atoms with Gasteiger partial charge in [0.2, 0.25) is 0 Å². The zero-order valence-corrected chi connectivity index (χ0v) is 19.1. The van der Waals surface area contributed by atoms with E-state index in [1.807, 2.05) is 0 Å². The summed E-state index contributed by atoms with van der Waals surface area (Å²) in [6.07, 6.45) is 1.80. The maximum Gasteiger partial charge on any atom is 0.0703 e. The number of aliphatic hydroxyl groups is 1. The molecule has 2 unspecified atom stereocenters. The van der Waals surface area contributed by atoms with Crippen molar-refractivity contribution >= 4 is 21.8 Å². The van der Waals surface area contributed by atoms with E-state index in [0.29, 0.717) is 0 Å². The molecule has 6 rings (SSSR count). The molecule has 1 aliphatic carbocycles. The van der Waals surface area contributed by atoms with Crippen LogP contribution in [0.4, 0.5) is 0 Å². The quantitative estimate of drug-likeness (QED) is 0.448. The molecule has 1 spiro atoms. The summed E-state index contributed by atoms with van der Waals surface area (Å²) in [5.41, 5.74) is 6.72. The number of rotatable bonds is 3. The zero-order valence-electron chi connectivity index (χ0n) is 19.1. The molecule has 164 valence electrons. The van der Waals surface area contributed by atoms with Crippen LogP contribution in [-0.4, -0.2) is 33.8 Å². The van der Waals surface area contributed by atoms with Gasteiger partial charge < -0.3 is 9.67 Å². The van der Waals surface area contributed by atoms with Crippen molar-refractivity contribution in [2.45, 2.75) is 57.2 Å². The number of aliphatic hydroxyl groups excluding tert-OH is 1. The number of piperidine rings is 1. The summed E-state index contributed by atoms with van der Waals surface area (Å²) in [7, 11) is 0. The maximum atomic E-state index is 11.2. The lowest BCUT2D eigenvalue weighted by atomic mass is 9.71. The molecule has 1 aromatic heterocycles. The molecule has 3 aromatic carbocycles. The van der Waals surface area contributed by atoms with Gasteiger partial charge in [0.25, 0.3) is 0 Å². The number of fused-ring (bicyclic) bond motifs is 5. The normalized spacial score (nSPS) is 22.7. The number of benzene rings is 3. The first-order valence-corrected chi connectivity index (χ1v) is 12.1. The minimum absolute atomic E-state index is 0.0645. The van der Waals surface area contributed by atoms with E-state index in [-0.39, 0.29) is 17.4 Å². The second-order valence-corrected chi connectivity index (χ2v) is 9.87. The first-order valence-electron chi connectivity index (χ1n) is 12.1. The summed E-state index contributed by atoms with van der Waals surface area (Å²) in [5, 5.41) is 13.9. The van der Waals surface area contributed by atoms with Gasteiger partial charge in [-0.1, -0.05) is 55.5 Å². The lowest BCUT2D eigenvalue weighted by Crippen LogP contribution is -2.47. The van der Waals surface area contributed by atoms with Crippen molar-refractivity contribution in [2.75, 3.05) is 13.1 Å². The first-order chi connectivity index (χ1) is 15.6. The SMILES string of the molecule is CCn1c2ccccc2c2cc(CN3CCC4(CC3)c3ccccc3C(C)C4O)ccc21. The average Bonchev–Trinajstić information content (AvgIpc) is 3.26. The number of aryl methyl sites for hydroxylation is 1. The Kier molecular flexibility index (Phi) is 4.67. The van der Waals surface area contributed by atoms with Gasteiger partial charge >= 0.3 is 0 Å². The molecular weight excluding hydrogens is 392 g/mol. The number of aromatic nitrogens is 1. The van der Waals surface area contributed by atoms with E-state index in [2.05, 4.69) is 90.0 Å². The summed E-state index contributed by atoms with van der Waals surface area (Å²) in [6.45, 7) is 8.44. The van der Waals surface area contributed by atoms with Crippen LogP contribution in [0.2, 0.25) is 0 Å². The van der Waals surface area contributed by atoms with Gasteiger partial charge in [-0.3, -0.25) is 4.90 Å². The number of nitrogens with zero attached hydrogens (tertiary/aromatic N) is 2. The Hall–Kier alpha value is -2.62. The maximum absolute atomic E-state index is 11.2. The van der Waals surface area contributed by atoms with E-state index in [0.717, 1.165) is 39.0 Å². The molecule has 4 aromatic rings. The first kappa shape index (κ1) is 20.0. The Morgan fingerprint density at radius 2 is 1.62 bits per heavy atom. The lowest BCUT2D eigenvalue weighted by Gasteiger charge is -2.42.